The fourth-order valence-electron chi connectivity index (χ4n) is 2.54. The number of nitriles is 1. The van der Waals surface area contributed by atoms with Gasteiger partial charge in [-0.2, -0.15) is 5.26 Å². The minimum Gasteiger partial charge on any atom is -0.366 e. The second kappa shape index (κ2) is 9.20. The molecule has 0 saturated carbocycles. The number of nitrogens with one attached hydrogen (secondary N) is 1. The molecular formula is C21H22N4O2. The van der Waals surface area contributed by atoms with E-state index in [2.05, 4.69) is 5.32 Å². The number of benzene rings is 2. The molecule has 0 spiro atoms. The minimum absolute atomic E-state index is 0.0566. The van der Waals surface area contributed by atoms with E-state index < -0.39 is 5.91 Å². The van der Waals surface area contributed by atoms with Crippen LogP contribution < -0.4 is 11.1 Å². The normalized spacial score (nSPS) is 11.0. The van der Waals surface area contributed by atoms with E-state index >= 15 is 0 Å². The van der Waals surface area contributed by atoms with Crippen LogP contribution in [0.15, 0.2) is 66.4 Å². The number of amides is 2. The van der Waals surface area contributed by atoms with Crippen LogP contribution in [0, 0.1) is 11.3 Å². The summed E-state index contributed by atoms with van der Waals surface area (Å²) in [7, 11) is 0. The van der Waals surface area contributed by atoms with Gasteiger partial charge < -0.3 is 16.0 Å². The smallest absolute Gasteiger partial charge is 0.266 e. The summed E-state index contributed by atoms with van der Waals surface area (Å²) in [5.74, 6) is -0.982. The zero-order valence-electron chi connectivity index (χ0n) is 15.3. The Balaban J connectivity index is 2.24. The molecule has 2 amide bonds. The van der Waals surface area contributed by atoms with E-state index in [1.807, 2.05) is 50.2 Å². The molecule has 0 aliphatic heterocycles. The average Bonchev–Trinajstić information content (AvgIpc) is 2.67. The Bertz CT molecular complexity index is 883. The Hall–Kier alpha value is -3.59. The molecule has 6 heteroatoms. The highest BCUT2D eigenvalue weighted by Gasteiger charge is 2.21. The third-order valence-electron chi connectivity index (χ3n) is 4.00. The molecule has 6 nitrogen and oxygen atoms in total. The highest BCUT2D eigenvalue weighted by atomic mass is 16.2. The van der Waals surface area contributed by atoms with E-state index in [1.54, 1.807) is 29.2 Å². The van der Waals surface area contributed by atoms with Crippen molar-refractivity contribution in [3.05, 3.63) is 77.5 Å². The van der Waals surface area contributed by atoms with Gasteiger partial charge in [0, 0.05) is 18.8 Å². The topological polar surface area (TPSA) is 99.2 Å². The maximum Gasteiger partial charge on any atom is 0.266 e. The number of carbonyl (C=O) groups excluding carboxylic acids is 2. The number of anilines is 1. The van der Waals surface area contributed by atoms with Crippen LogP contribution in [0.4, 0.5) is 5.69 Å². The standard InChI is InChI=1S/C21H22N4O2/c1-15(2)25(14-16-8-4-3-5-9-16)21(27)17(12-22)13-24-19-11-7-6-10-18(19)20(23)26/h3-11,13,15,24H,14H2,1-2H3,(H2,23,26)/b17-13-. The Morgan fingerprint density at radius 3 is 2.37 bits per heavy atom. The van der Waals surface area contributed by atoms with E-state index in [-0.39, 0.29) is 23.1 Å². The number of hydrogen-bond donors (Lipinski definition) is 2. The largest absolute Gasteiger partial charge is 0.366 e. The number of rotatable bonds is 7. The van der Waals surface area contributed by atoms with Crippen molar-refractivity contribution in [3.8, 4) is 6.07 Å². The zero-order chi connectivity index (χ0) is 19.8. The number of primary amides is 1. The Labute approximate surface area is 158 Å². The van der Waals surface area contributed by atoms with Gasteiger partial charge in [-0.15, -0.1) is 0 Å². The summed E-state index contributed by atoms with van der Waals surface area (Å²) in [6.45, 7) is 4.19. The summed E-state index contributed by atoms with van der Waals surface area (Å²) < 4.78 is 0. The van der Waals surface area contributed by atoms with E-state index in [0.717, 1.165) is 5.56 Å². The van der Waals surface area contributed by atoms with E-state index in [9.17, 15) is 14.9 Å². The van der Waals surface area contributed by atoms with Crippen LogP contribution >= 0.6 is 0 Å². The summed E-state index contributed by atoms with van der Waals surface area (Å²) in [5.41, 5.74) is 6.98. The number of carbonyl (C=O) groups is 2. The van der Waals surface area contributed by atoms with Crippen molar-refractivity contribution in [2.24, 2.45) is 5.73 Å². The summed E-state index contributed by atoms with van der Waals surface area (Å²) in [6, 6.07) is 18.1. The maximum atomic E-state index is 12.9. The molecule has 0 atom stereocenters. The lowest BCUT2D eigenvalue weighted by atomic mass is 10.1. The Morgan fingerprint density at radius 1 is 1.15 bits per heavy atom. The molecule has 0 aliphatic carbocycles. The van der Waals surface area contributed by atoms with Crippen LogP contribution in [0.5, 0.6) is 0 Å². The van der Waals surface area contributed by atoms with Crippen LogP contribution in [0.2, 0.25) is 0 Å². The molecule has 3 N–H and O–H groups in total. The first kappa shape index (κ1) is 19.7. The molecule has 0 unspecified atom stereocenters. The SMILES string of the molecule is CC(C)N(Cc1ccccc1)C(=O)/C(C#N)=C\Nc1ccccc1C(N)=O. The lowest BCUT2D eigenvalue weighted by molar-refractivity contribution is -0.129. The van der Waals surface area contributed by atoms with Gasteiger partial charge >= 0.3 is 0 Å². The summed E-state index contributed by atoms with van der Waals surface area (Å²) >= 11 is 0. The molecule has 0 aliphatic rings. The number of para-hydroxylation sites is 1. The zero-order valence-corrected chi connectivity index (χ0v) is 15.3. The molecule has 2 rings (SSSR count). The molecule has 0 bridgehead atoms. The third-order valence-corrected chi connectivity index (χ3v) is 4.00. The fraction of sp³-hybridized carbons (Fsp3) is 0.190. The quantitative estimate of drug-likeness (QED) is 0.584. The number of hydrogen-bond acceptors (Lipinski definition) is 4. The number of nitrogens with two attached hydrogens (primary N) is 1. The van der Waals surface area contributed by atoms with Gasteiger partial charge in [-0.3, -0.25) is 9.59 Å². The molecular weight excluding hydrogens is 340 g/mol. The third kappa shape index (κ3) is 5.19. The van der Waals surface area contributed by atoms with Gasteiger partial charge in [0.25, 0.3) is 11.8 Å². The van der Waals surface area contributed by atoms with E-state index in [1.165, 1.54) is 6.20 Å². The molecule has 0 saturated heterocycles. The van der Waals surface area contributed by atoms with Crippen molar-refractivity contribution < 1.29 is 9.59 Å². The fourth-order valence-corrected chi connectivity index (χ4v) is 2.54. The molecule has 0 aromatic heterocycles. The van der Waals surface area contributed by atoms with Crippen LogP contribution in [-0.4, -0.2) is 22.8 Å². The molecule has 0 heterocycles. The van der Waals surface area contributed by atoms with Crippen LogP contribution in [0.3, 0.4) is 0 Å². The highest BCUT2D eigenvalue weighted by molar-refractivity contribution is 6.00. The minimum atomic E-state index is -0.593. The molecule has 2 aromatic carbocycles. The van der Waals surface area contributed by atoms with Gasteiger partial charge in [0.2, 0.25) is 0 Å². The predicted octanol–water partition coefficient (Wildman–Crippen LogP) is 3.04. The first-order valence-electron chi connectivity index (χ1n) is 8.54. The average molecular weight is 362 g/mol. The lowest BCUT2D eigenvalue weighted by Crippen LogP contribution is -2.37. The highest BCUT2D eigenvalue weighted by Crippen LogP contribution is 2.16. The van der Waals surface area contributed by atoms with Gasteiger partial charge in [0.1, 0.15) is 11.6 Å². The first-order chi connectivity index (χ1) is 12.9. The molecule has 0 radical (unpaired) electrons. The molecule has 2 aromatic rings. The van der Waals surface area contributed by atoms with Gasteiger partial charge in [-0.25, -0.2) is 0 Å². The van der Waals surface area contributed by atoms with E-state index in [4.69, 9.17) is 5.73 Å². The lowest BCUT2D eigenvalue weighted by Gasteiger charge is -2.26. The monoisotopic (exact) mass is 362 g/mol. The van der Waals surface area contributed by atoms with Crippen LogP contribution in [0.1, 0.15) is 29.8 Å². The van der Waals surface area contributed by atoms with E-state index in [0.29, 0.717) is 12.2 Å². The van der Waals surface area contributed by atoms with Crippen molar-refractivity contribution in [2.75, 3.05) is 5.32 Å². The Morgan fingerprint density at radius 2 is 1.78 bits per heavy atom. The summed E-state index contributed by atoms with van der Waals surface area (Å²) in [4.78, 5) is 26.0. The molecule has 138 valence electrons. The maximum absolute atomic E-state index is 12.9. The van der Waals surface area contributed by atoms with Gasteiger partial charge in [-0.05, 0) is 31.5 Å². The summed E-state index contributed by atoms with van der Waals surface area (Å²) in [6.07, 6.45) is 1.31. The second-order valence-electron chi connectivity index (χ2n) is 6.24. The van der Waals surface area contributed by atoms with Gasteiger partial charge in [-0.1, -0.05) is 42.5 Å². The van der Waals surface area contributed by atoms with Crippen molar-refractivity contribution in [3.63, 3.8) is 0 Å². The van der Waals surface area contributed by atoms with Crippen molar-refractivity contribution in [2.45, 2.75) is 26.4 Å². The predicted molar refractivity (Wildman–Crippen MR) is 104 cm³/mol. The van der Waals surface area contributed by atoms with Gasteiger partial charge in [0.15, 0.2) is 0 Å². The first-order valence-corrected chi connectivity index (χ1v) is 8.54. The van der Waals surface area contributed by atoms with Gasteiger partial charge in [0.05, 0.1) is 11.3 Å². The molecule has 27 heavy (non-hydrogen) atoms. The van der Waals surface area contributed by atoms with Crippen molar-refractivity contribution >= 4 is 17.5 Å². The second-order valence-corrected chi connectivity index (χ2v) is 6.24. The Kier molecular flexibility index (Phi) is 6.73. The van der Waals surface area contributed by atoms with Crippen LogP contribution in [-0.2, 0) is 11.3 Å². The van der Waals surface area contributed by atoms with Crippen molar-refractivity contribution in [1.82, 2.24) is 4.90 Å². The summed E-state index contributed by atoms with van der Waals surface area (Å²) in [5, 5.41) is 12.3. The van der Waals surface area contributed by atoms with Crippen molar-refractivity contribution in [1.29, 1.82) is 5.26 Å². The molecule has 0 fully saturated rings. The number of nitrogens with zero attached hydrogens (tertiary/aromatic N) is 2. The van der Waals surface area contributed by atoms with Crippen LogP contribution in [0.25, 0.3) is 0 Å².